The predicted octanol–water partition coefficient (Wildman–Crippen LogP) is 8.52. The van der Waals surface area contributed by atoms with Crippen LogP contribution in [0.2, 0.25) is 0 Å². The molecule has 4 heterocycles. The number of nitrogens with zero attached hydrogens (tertiary/aromatic N) is 3. The Labute approximate surface area is 250 Å². The quantitative estimate of drug-likeness (QED) is 0.247. The first kappa shape index (κ1) is 27.6. The third kappa shape index (κ3) is 4.84. The molecule has 5 heteroatoms. The Morgan fingerprint density at radius 3 is 2.43 bits per heavy atom. The minimum absolute atomic E-state index is 0.214. The zero-order valence-electron chi connectivity index (χ0n) is 25.6. The number of hydrogen-bond donors (Lipinski definition) is 1. The predicted molar refractivity (Wildman–Crippen MR) is 175 cm³/mol. The number of pyridine rings is 1. The molecule has 3 aliphatic heterocycles. The van der Waals surface area contributed by atoms with Crippen molar-refractivity contribution in [1.82, 2.24) is 9.88 Å². The van der Waals surface area contributed by atoms with Crippen LogP contribution in [0.25, 0.3) is 32.8 Å². The molecule has 4 aromatic rings. The average Bonchev–Trinajstić information content (AvgIpc) is 3.50. The average molecular weight is 565 g/mol. The van der Waals surface area contributed by atoms with Crippen molar-refractivity contribution in [3.63, 3.8) is 0 Å². The molecular weight excluding hydrogens is 519 g/mol. The summed E-state index contributed by atoms with van der Waals surface area (Å²) in [5, 5.41) is 2.66. The topological polar surface area (TPSA) is 45.4 Å². The lowest BCUT2D eigenvalue weighted by atomic mass is 9.88. The molecule has 3 aromatic carbocycles. The number of benzene rings is 3. The zero-order chi connectivity index (χ0) is 29.0. The fourth-order valence-corrected chi connectivity index (χ4v) is 8.53. The van der Waals surface area contributed by atoms with Crippen LogP contribution in [0, 0.1) is 24.6 Å². The highest BCUT2D eigenvalue weighted by molar-refractivity contribution is 6.04. The maximum absolute atomic E-state index is 15.3. The van der Waals surface area contributed by atoms with Crippen LogP contribution in [-0.4, -0.2) is 41.6 Å². The van der Waals surface area contributed by atoms with Crippen molar-refractivity contribution >= 4 is 33.1 Å². The number of halogens is 1. The highest BCUT2D eigenvalue weighted by Gasteiger charge is 2.43. The van der Waals surface area contributed by atoms with Crippen LogP contribution in [0.3, 0.4) is 0 Å². The largest absolute Gasteiger partial charge is 0.399 e. The van der Waals surface area contributed by atoms with E-state index in [1.807, 2.05) is 18.2 Å². The molecular formula is C37H45FN4. The smallest absolute Gasteiger partial charge is 0.131 e. The lowest BCUT2D eigenvalue weighted by Crippen LogP contribution is -2.38. The van der Waals surface area contributed by atoms with Crippen LogP contribution >= 0.6 is 0 Å². The molecule has 220 valence electrons. The molecule has 0 saturated carbocycles. The van der Waals surface area contributed by atoms with E-state index in [0.717, 1.165) is 47.1 Å². The molecule has 4 nitrogen and oxygen atoms in total. The van der Waals surface area contributed by atoms with Crippen LogP contribution in [0.15, 0.2) is 48.5 Å². The Kier molecular flexibility index (Phi) is 7.12. The van der Waals surface area contributed by atoms with Gasteiger partial charge in [0.1, 0.15) is 5.82 Å². The maximum atomic E-state index is 15.3. The van der Waals surface area contributed by atoms with E-state index < -0.39 is 0 Å². The molecule has 0 amide bonds. The highest BCUT2D eigenvalue weighted by atomic mass is 19.1. The summed E-state index contributed by atoms with van der Waals surface area (Å²) in [6, 6.07) is 15.8. The van der Waals surface area contributed by atoms with Gasteiger partial charge in [0, 0.05) is 46.5 Å². The van der Waals surface area contributed by atoms with Crippen molar-refractivity contribution < 1.29 is 4.39 Å². The summed E-state index contributed by atoms with van der Waals surface area (Å²) >= 11 is 0. The molecule has 0 aliphatic carbocycles. The van der Waals surface area contributed by atoms with E-state index in [0.29, 0.717) is 28.4 Å². The minimum Gasteiger partial charge on any atom is -0.399 e. The SMILES string of the molecule is Cc1c(-c2cc(N)cc3cccc(F)c23)ccc2c(N3CC(C)CCC(C)C3)cc(CCC34CCCN3CCC4)nc12. The van der Waals surface area contributed by atoms with E-state index >= 15 is 4.39 Å². The van der Waals surface area contributed by atoms with Crippen LogP contribution in [0.5, 0.6) is 0 Å². The van der Waals surface area contributed by atoms with Gasteiger partial charge in [-0.2, -0.15) is 0 Å². The molecule has 2 atom stereocenters. The third-order valence-corrected chi connectivity index (χ3v) is 10.7. The second-order valence-electron chi connectivity index (χ2n) is 13.8. The number of nitrogen functional groups attached to an aromatic ring is 1. The number of rotatable bonds is 5. The van der Waals surface area contributed by atoms with Crippen LogP contribution in [0.1, 0.15) is 70.1 Å². The van der Waals surface area contributed by atoms with E-state index in [4.69, 9.17) is 10.7 Å². The normalized spacial score (nSPS) is 22.6. The van der Waals surface area contributed by atoms with Gasteiger partial charge in [-0.1, -0.05) is 38.1 Å². The molecule has 3 saturated heterocycles. The zero-order valence-corrected chi connectivity index (χ0v) is 25.6. The van der Waals surface area contributed by atoms with Gasteiger partial charge in [0.2, 0.25) is 0 Å². The number of fused-ring (bicyclic) bond motifs is 3. The molecule has 0 radical (unpaired) electrons. The van der Waals surface area contributed by atoms with E-state index in [1.165, 1.54) is 74.8 Å². The molecule has 0 spiro atoms. The van der Waals surface area contributed by atoms with Gasteiger partial charge in [-0.05, 0) is 130 Å². The molecule has 3 fully saturated rings. The minimum atomic E-state index is -0.214. The van der Waals surface area contributed by atoms with Gasteiger partial charge in [0.25, 0.3) is 0 Å². The lowest BCUT2D eigenvalue weighted by molar-refractivity contribution is 0.182. The Balaban J connectivity index is 1.38. The van der Waals surface area contributed by atoms with Crippen molar-refractivity contribution in [3.05, 3.63) is 65.6 Å². The van der Waals surface area contributed by atoms with Gasteiger partial charge in [0.15, 0.2) is 0 Å². The molecule has 42 heavy (non-hydrogen) atoms. The number of anilines is 2. The van der Waals surface area contributed by atoms with Gasteiger partial charge in [0.05, 0.1) is 5.52 Å². The van der Waals surface area contributed by atoms with Gasteiger partial charge < -0.3 is 10.6 Å². The van der Waals surface area contributed by atoms with Crippen LogP contribution in [-0.2, 0) is 6.42 Å². The van der Waals surface area contributed by atoms with E-state index in [1.54, 1.807) is 12.1 Å². The number of nitrogens with two attached hydrogens (primary N) is 1. The van der Waals surface area contributed by atoms with E-state index in [9.17, 15) is 0 Å². The first-order valence-corrected chi connectivity index (χ1v) is 16.2. The highest BCUT2D eigenvalue weighted by Crippen LogP contribution is 2.43. The van der Waals surface area contributed by atoms with Gasteiger partial charge in [-0.15, -0.1) is 0 Å². The van der Waals surface area contributed by atoms with Crippen molar-refractivity contribution in [2.24, 2.45) is 11.8 Å². The summed E-state index contributed by atoms with van der Waals surface area (Å²) in [6.45, 7) is 11.6. The number of aryl methyl sites for hydroxylation is 2. The Morgan fingerprint density at radius 2 is 1.69 bits per heavy atom. The van der Waals surface area contributed by atoms with E-state index in [-0.39, 0.29) is 5.82 Å². The van der Waals surface area contributed by atoms with Gasteiger partial charge in [-0.25, -0.2) is 4.39 Å². The standard InChI is InChI=1S/C37H45FN4/c1-24-9-10-25(2)23-41(22-24)34-21-29(13-16-37-14-5-17-42(37)18-6-15-37)40-36-26(3)30(11-12-31(34)36)32-20-28(39)19-27-7-4-8-33(38)35(27)32/h4,7-8,11-12,19-21,24-25H,5-6,9-10,13-18,22-23,39H2,1-3H3. The number of hydrogen-bond acceptors (Lipinski definition) is 4. The summed E-state index contributed by atoms with van der Waals surface area (Å²) in [4.78, 5) is 10.8. The number of aromatic nitrogens is 1. The Hall–Kier alpha value is -3.18. The molecule has 7 rings (SSSR count). The summed E-state index contributed by atoms with van der Waals surface area (Å²) in [5.74, 6) is 1.11. The fourth-order valence-electron chi connectivity index (χ4n) is 8.53. The van der Waals surface area contributed by atoms with Crippen molar-refractivity contribution in [2.75, 3.05) is 36.8 Å². The summed E-state index contributed by atoms with van der Waals surface area (Å²) in [7, 11) is 0. The molecule has 3 aliphatic rings. The van der Waals surface area contributed by atoms with Gasteiger partial charge >= 0.3 is 0 Å². The second kappa shape index (κ2) is 10.8. The van der Waals surface area contributed by atoms with Crippen LogP contribution < -0.4 is 10.6 Å². The maximum Gasteiger partial charge on any atom is 0.131 e. The monoisotopic (exact) mass is 564 g/mol. The summed E-state index contributed by atoms with van der Waals surface area (Å²) in [6.07, 6.45) is 10.0. The first-order valence-electron chi connectivity index (χ1n) is 16.2. The van der Waals surface area contributed by atoms with E-state index in [2.05, 4.69) is 48.8 Å². The molecule has 0 bridgehead atoms. The van der Waals surface area contributed by atoms with Crippen molar-refractivity contribution in [1.29, 1.82) is 0 Å². The van der Waals surface area contributed by atoms with Crippen molar-refractivity contribution in [2.45, 2.75) is 77.7 Å². The Morgan fingerprint density at radius 1 is 0.952 bits per heavy atom. The lowest BCUT2D eigenvalue weighted by Gasteiger charge is -2.32. The molecule has 2 N–H and O–H groups in total. The Bertz CT molecular complexity index is 1620. The van der Waals surface area contributed by atoms with Crippen LogP contribution in [0.4, 0.5) is 15.8 Å². The van der Waals surface area contributed by atoms with Crippen molar-refractivity contribution in [3.8, 4) is 11.1 Å². The fraction of sp³-hybridized carbons (Fsp3) is 0.486. The first-order chi connectivity index (χ1) is 20.3. The third-order valence-electron chi connectivity index (χ3n) is 10.7. The van der Waals surface area contributed by atoms with Gasteiger partial charge in [-0.3, -0.25) is 9.88 Å². The summed E-state index contributed by atoms with van der Waals surface area (Å²) in [5.41, 5.74) is 13.9. The molecule has 1 aromatic heterocycles. The second-order valence-corrected chi connectivity index (χ2v) is 13.8. The summed E-state index contributed by atoms with van der Waals surface area (Å²) < 4.78 is 15.3. The molecule has 2 unspecified atom stereocenters.